The molecule has 3 aromatic heterocycles. The molecule has 5 aromatic rings. The van der Waals surface area contributed by atoms with E-state index < -0.39 is 6.04 Å². The standard InChI is InChI=1S/C23H17F2N5O2S/c1-12-18-11-19(33-23(18)30(28-12)17-9-7-16(25)8-10-17)21(31)26-13(2)22-27-20(29-32-22)14-3-5-15(24)6-4-14/h3-11,13H,1-2H3,(H,26,31). The highest BCUT2D eigenvalue weighted by Gasteiger charge is 2.21. The third-order valence-corrected chi connectivity index (χ3v) is 6.21. The number of halogens is 2. The zero-order valence-corrected chi connectivity index (χ0v) is 18.4. The summed E-state index contributed by atoms with van der Waals surface area (Å²) in [4.78, 5) is 18.5. The van der Waals surface area contributed by atoms with E-state index in [0.29, 0.717) is 22.0 Å². The summed E-state index contributed by atoms with van der Waals surface area (Å²) in [6, 6.07) is 13.0. The van der Waals surface area contributed by atoms with Gasteiger partial charge in [0.2, 0.25) is 11.7 Å². The van der Waals surface area contributed by atoms with E-state index >= 15 is 0 Å². The molecule has 166 valence electrons. The van der Waals surface area contributed by atoms with Crippen LogP contribution in [0, 0.1) is 18.6 Å². The van der Waals surface area contributed by atoms with E-state index in [1.807, 2.05) is 6.92 Å². The summed E-state index contributed by atoms with van der Waals surface area (Å²) in [5, 5.41) is 12.1. The number of nitrogens with one attached hydrogen (secondary N) is 1. The Morgan fingerprint density at radius 3 is 2.45 bits per heavy atom. The van der Waals surface area contributed by atoms with Gasteiger partial charge in [-0.2, -0.15) is 10.1 Å². The van der Waals surface area contributed by atoms with Crippen LogP contribution in [0.15, 0.2) is 59.1 Å². The molecule has 1 amide bonds. The summed E-state index contributed by atoms with van der Waals surface area (Å²) < 4.78 is 33.4. The fraction of sp³-hybridized carbons (Fsp3) is 0.130. The van der Waals surface area contributed by atoms with Crippen LogP contribution in [0.1, 0.15) is 34.2 Å². The van der Waals surface area contributed by atoms with E-state index in [1.54, 1.807) is 41.9 Å². The highest BCUT2D eigenvalue weighted by Crippen LogP contribution is 2.31. The number of carbonyl (C=O) groups is 1. The molecule has 10 heteroatoms. The number of fused-ring (bicyclic) bond motifs is 1. The maximum absolute atomic E-state index is 13.3. The molecule has 0 aliphatic heterocycles. The van der Waals surface area contributed by atoms with Crippen molar-refractivity contribution >= 4 is 27.5 Å². The maximum Gasteiger partial charge on any atom is 0.262 e. The van der Waals surface area contributed by atoms with Gasteiger partial charge >= 0.3 is 0 Å². The molecule has 0 spiro atoms. The minimum Gasteiger partial charge on any atom is -0.340 e. The van der Waals surface area contributed by atoms with Crippen molar-refractivity contribution in [1.82, 2.24) is 25.2 Å². The van der Waals surface area contributed by atoms with E-state index in [-0.39, 0.29) is 23.4 Å². The van der Waals surface area contributed by atoms with Crippen molar-refractivity contribution in [3.8, 4) is 17.1 Å². The monoisotopic (exact) mass is 465 g/mol. The molecular formula is C23H17F2N5O2S. The lowest BCUT2D eigenvalue weighted by atomic mass is 10.2. The molecule has 0 aliphatic carbocycles. The van der Waals surface area contributed by atoms with Crippen LogP contribution in [0.2, 0.25) is 0 Å². The molecule has 1 atom stereocenters. The van der Waals surface area contributed by atoms with E-state index in [0.717, 1.165) is 15.9 Å². The van der Waals surface area contributed by atoms with E-state index in [1.165, 1.54) is 35.6 Å². The molecule has 0 fully saturated rings. The third-order valence-electron chi connectivity index (χ3n) is 5.10. The minimum absolute atomic E-state index is 0.234. The fourth-order valence-electron chi connectivity index (χ4n) is 3.37. The molecule has 0 radical (unpaired) electrons. The number of aromatic nitrogens is 4. The summed E-state index contributed by atoms with van der Waals surface area (Å²) in [7, 11) is 0. The van der Waals surface area contributed by atoms with Crippen LogP contribution in [-0.4, -0.2) is 25.8 Å². The number of carbonyl (C=O) groups excluding carboxylic acids is 1. The first-order chi connectivity index (χ1) is 15.9. The van der Waals surface area contributed by atoms with Crippen LogP contribution in [0.4, 0.5) is 8.78 Å². The van der Waals surface area contributed by atoms with Crippen molar-refractivity contribution in [2.75, 3.05) is 0 Å². The number of benzene rings is 2. The molecule has 0 aliphatic rings. The van der Waals surface area contributed by atoms with Crippen LogP contribution >= 0.6 is 11.3 Å². The third kappa shape index (κ3) is 4.00. The van der Waals surface area contributed by atoms with Crippen molar-refractivity contribution in [2.24, 2.45) is 0 Å². The lowest BCUT2D eigenvalue weighted by molar-refractivity contribution is 0.0936. The van der Waals surface area contributed by atoms with Gasteiger partial charge in [0.1, 0.15) is 22.5 Å². The Kier molecular flexibility index (Phi) is 5.21. The van der Waals surface area contributed by atoms with Crippen molar-refractivity contribution in [3.63, 3.8) is 0 Å². The SMILES string of the molecule is Cc1nn(-c2ccc(F)cc2)c2sc(C(=O)NC(C)c3nc(-c4ccc(F)cc4)no3)cc12. The second kappa shape index (κ2) is 8.21. The average Bonchev–Trinajstić information content (AvgIpc) is 3.52. The summed E-state index contributed by atoms with van der Waals surface area (Å²) in [6.07, 6.45) is 0. The van der Waals surface area contributed by atoms with E-state index in [9.17, 15) is 13.6 Å². The Hall–Kier alpha value is -3.92. The molecular weight excluding hydrogens is 448 g/mol. The highest BCUT2D eigenvalue weighted by atomic mass is 32.1. The molecule has 5 rings (SSSR count). The van der Waals surface area contributed by atoms with Gasteiger partial charge in [-0.05, 0) is 68.4 Å². The smallest absolute Gasteiger partial charge is 0.262 e. The molecule has 33 heavy (non-hydrogen) atoms. The van der Waals surface area contributed by atoms with Crippen molar-refractivity contribution in [3.05, 3.63) is 82.7 Å². The average molecular weight is 465 g/mol. The Balaban J connectivity index is 1.36. The van der Waals surface area contributed by atoms with E-state index in [2.05, 4.69) is 20.6 Å². The van der Waals surface area contributed by atoms with Gasteiger partial charge in [0.05, 0.1) is 16.3 Å². The number of thiophene rings is 1. The van der Waals surface area contributed by atoms with Gasteiger partial charge in [0, 0.05) is 10.9 Å². The van der Waals surface area contributed by atoms with Gasteiger partial charge < -0.3 is 9.84 Å². The summed E-state index contributed by atoms with van der Waals surface area (Å²) in [5.41, 5.74) is 2.07. The van der Waals surface area contributed by atoms with Crippen LogP contribution in [0.3, 0.4) is 0 Å². The van der Waals surface area contributed by atoms with Gasteiger partial charge in [0.25, 0.3) is 5.91 Å². The second-order valence-corrected chi connectivity index (χ2v) is 8.49. The van der Waals surface area contributed by atoms with Gasteiger partial charge in [0.15, 0.2) is 0 Å². The van der Waals surface area contributed by atoms with Gasteiger partial charge in [-0.25, -0.2) is 13.5 Å². The first kappa shape index (κ1) is 21.0. The molecule has 2 aromatic carbocycles. The van der Waals surface area contributed by atoms with Gasteiger partial charge in [-0.3, -0.25) is 4.79 Å². The Morgan fingerprint density at radius 1 is 1.09 bits per heavy atom. The number of hydrogen-bond donors (Lipinski definition) is 1. The quantitative estimate of drug-likeness (QED) is 0.385. The summed E-state index contributed by atoms with van der Waals surface area (Å²) in [5.74, 6) is -0.442. The normalized spacial score (nSPS) is 12.2. The topological polar surface area (TPSA) is 85.8 Å². The largest absolute Gasteiger partial charge is 0.340 e. The molecule has 1 N–H and O–H groups in total. The zero-order chi connectivity index (χ0) is 23.1. The van der Waals surface area contributed by atoms with Gasteiger partial charge in [-0.1, -0.05) is 5.16 Å². The predicted molar refractivity (Wildman–Crippen MR) is 119 cm³/mol. The minimum atomic E-state index is -0.542. The number of aryl methyl sites for hydroxylation is 1. The first-order valence-corrected chi connectivity index (χ1v) is 10.9. The molecule has 3 heterocycles. The van der Waals surface area contributed by atoms with Crippen molar-refractivity contribution in [1.29, 1.82) is 0 Å². The van der Waals surface area contributed by atoms with E-state index in [4.69, 9.17) is 4.52 Å². The molecule has 1 unspecified atom stereocenters. The lowest BCUT2D eigenvalue weighted by Crippen LogP contribution is -2.26. The second-order valence-electron chi connectivity index (χ2n) is 7.46. The Labute approximate surface area is 190 Å². The molecule has 0 saturated heterocycles. The lowest BCUT2D eigenvalue weighted by Gasteiger charge is -2.08. The molecule has 0 bridgehead atoms. The predicted octanol–water partition coefficient (Wildman–Crippen LogP) is 5.21. The number of rotatable bonds is 5. The Morgan fingerprint density at radius 2 is 1.76 bits per heavy atom. The van der Waals surface area contributed by atoms with Crippen molar-refractivity contribution in [2.45, 2.75) is 19.9 Å². The number of hydrogen-bond acceptors (Lipinski definition) is 6. The van der Waals surface area contributed by atoms with Crippen LogP contribution in [0.25, 0.3) is 27.3 Å². The zero-order valence-electron chi connectivity index (χ0n) is 17.5. The fourth-order valence-corrected chi connectivity index (χ4v) is 4.46. The molecule has 7 nitrogen and oxygen atoms in total. The van der Waals surface area contributed by atoms with Gasteiger partial charge in [-0.15, -0.1) is 11.3 Å². The van der Waals surface area contributed by atoms with Crippen LogP contribution < -0.4 is 5.32 Å². The van der Waals surface area contributed by atoms with Crippen LogP contribution in [-0.2, 0) is 0 Å². The maximum atomic E-state index is 13.3. The number of amides is 1. The number of nitrogens with zero attached hydrogens (tertiary/aromatic N) is 4. The summed E-state index contributed by atoms with van der Waals surface area (Å²) >= 11 is 1.28. The Bertz CT molecular complexity index is 1450. The van der Waals surface area contributed by atoms with Crippen molar-refractivity contribution < 1.29 is 18.1 Å². The summed E-state index contributed by atoms with van der Waals surface area (Å²) in [6.45, 7) is 3.59. The highest BCUT2D eigenvalue weighted by molar-refractivity contribution is 7.20. The molecule has 0 saturated carbocycles. The first-order valence-electron chi connectivity index (χ1n) is 10.0. The van der Waals surface area contributed by atoms with Crippen LogP contribution in [0.5, 0.6) is 0 Å².